The molecule has 18 rings (SSSR count). The van der Waals surface area contributed by atoms with E-state index in [-0.39, 0.29) is 79.0 Å². The number of phenolic OH excluding ortho intramolecular Hbond substituents is 4. The normalized spacial score (nSPS) is 13.5. The summed E-state index contributed by atoms with van der Waals surface area (Å²) in [5.74, 6) is 7.33. The Morgan fingerprint density at radius 3 is 0.921 bits per heavy atom. The third-order valence-electron chi connectivity index (χ3n) is 24.3. The minimum Gasteiger partial charge on any atom is -0.508 e. The van der Waals surface area contributed by atoms with Gasteiger partial charge in [-0.05, 0) is 172 Å². The molecule has 4 N–H and O–H groups in total. The summed E-state index contributed by atoms with van der Waals surface area (Å²) >= 11 is 0. The van der Waals surface area contributed by atoms with Crippen LogP contribution in [0.4, 0.5) is 0 Å². The van der Waals surface area contributed by atoms with Gasteiger partial charge in [-0.15, -0.1) is 0 Å². The summed E-state index contributed by atoms with van der Waals surface area (Å²) in [5, 5.41) is 53.8. The smallest absolute Gasteiger partial charge is 0.172 e. The quantitative estimate of drug-likeness (QED) is 0.0740. The molecule has 0 radical (unpaired) electrons. The molecule has 18 heteroatoms. The Morgan fingerprint density at radius 1 is 0.289 bits per heavy atom. The first kappa shape index (κ1) is 76.1. The fraction of sp³-hybridized carbons (Fsp3) is 0.333. The number of aldehydes is 4. The fourth-order valence-corrected chi connectivity index (χ4v) is 19.6. The predicted molar refractivity (Wildman–Crippen MR) is 445 cm³/mol. The Bertz CT molecular complexity index is 5920. The first-order chi connectivity index (χ1) is 54.6. The molecule has 0 spiro atoms. The van der Waals surface area contributed by atoms with E-state index in [4.69, 9.17) is 47.4 Å². The molecule has 6 heterocycles. The molecule has 6 aliphatic heterocycles. The lowest BCUT2D eigenvalue weighted by molar-refractivity contribution is 0.111. The van der Waals surface area contributed by atoms with E-state index in [1.54, 1.807) is 21.1 Å². The number of ether oxygens (including phenoxy) is 10. The van der Waals surface area contributed by atoms with Gasteiger partial charge < -0.3 is 67.8 Å². The second kappa shape index (κ2) is 28.0. The summed E-state index contributed by atoms with van der Waals surface area (Å²) < 4.78 is 62.0. The SMILES string of the molecule is COc1c(OC)c(C=O)c2c3c4c(cc2c1C(C)C)COc1c-4c(cc2c(C(C)C)c(OC)c(OC)c(C=O)c12)CO3.Cc1c(O)c(C=O)c2c3c4c(cc2c1C(C)C)COc1c-4c(cc2c(C(C)C)c(O)c(C)c(C=O)c12)CO3.Cc1cc2c3c4c(cc2c(C(C)C)c1O)COc1c-4c(cc2c(C(C)C)c(C)c(O)cc12)CO3. The van der Waals surface area contributed by atoms with E-state index in [2.05, 4.69) is 99.6 Å². The minimum atomic E-state index is -0.0245. The second-order valence-electron chi connectivity index (χ2n) is 32.7. The summed E-state index contributed by atoms with van der Waals surface area (Å²) in [6, 6.07) is 16.5. The van der Waals surface area contributed by atoms with Crippen LogP contribution in [0.1, 0.15) is 249 Å². The van der Waals surface area contributed by atoms with Crippen LogP contribution in [-0.2, 0) is 39.6 Å². The van der Waals surface area contributed by atoms with Gasteiger partial charge in [0.25, 0.3) is 0 Å². The zero-order chi connectivity index (χ0) is 81.3. The molecule has 0 atom stereocenters. The lowest BCUT2D eigenvalue weighted by Crippen LogP contribution is -2.17. The Labute approximate surface area is 661 Å². The summed E-state index contributed by atoms with van der Waals surface area (Å²) in [4.78, 5) is 50.0. The van der Waals surface area contributed by atoms with Gasteiger partial charge in [-0.2, -0.15) is 0 Å². The highest BCUT2D eigenvalue weighted by Crippen LogP contribution is 2.63. The van der Waals surface area contributed by atoms with Crippen LogP contribution in [0, 0.1) is 27.7 Å². The molecule has 0 fully saturated rings. The van der Waals surface area contributed by atoms with E-state index >= 15 is 0 Å². The Hall–Kier alpha value is -11.9. The number of hydrogen-bond donors (Lipinski definition) is 4. The zero-order valence-corrected chi connectivity index (χ0v) is 68.1. The van der Waals surface area contributed by atoms with E-state index in [1.807, 2.05) is 52.8 Å². The van der Waals surface area contributed by atoms with Gasteiger partial charge in [0.1, 0.15) is 97.1 Å². The lowest BCUT2D eigenvalue weighted by Gasteiger charge is -2.33. The van der Waals surface area contributed by atoms with Gasteiger partial charge in [0, 0.05) is 132 Å². The van der Waals surface area contributed by atoms with Gasteiger partial charge in [0.15, 0.2) is 48.1 Å². The number of methoxy groups -OCH3 is 4. The molecule has 0 aromatic heterocycles. The molecule has 0 unspecified atom stereocenters. The summed E-state index contributed by atoms with van der Waals surface area (Å²) in [6.07, 6.45) is 3.08. The average molecular weight is 1540 g/mol. The van der Waals surface area contributed by atoms with Crippen LogP contribution in [0.3, 0.4) is 0 Å². The Morgan fingerprint density at radius 2 is 0.570 bits per heavy atom. The number of benzene rings is 12. The lowest BCUT2D eigenvalue weighted by atomic mass is 9.80. The fourth-order valence-electron chi connectivity index (χ4n) is 19.6. The van der Waals surface area contributed by atoms with Crippen molar-refractivity contribution in [1.29, 1.82) is 0 Å². The number of fused-ring (bicyclic) bond motifs is 12. The molecule has 6 aliphatic rings. The van der Waals surface area contributed by atoms with Gasteiger partial charge in [0.05, 0.1) is 45.1 Å². The number of aromatic hydroxyl groups is 4. The number of aryl methyl sites for hydroxylation is 1. The molecule has 0 saturated heterocycles. The molecular formula is C96H94O18. The van der Waals surface area contributed by atoms with E-state index in [0.717, 1.165) is 185 Å². The number of carbonyl (C=O) groups excluding carboxylic acids is 4. The third-order valence-corrected chi connectivity index (χ3v) is 24.3. The minimum absolute atomic E-state index is 0.0119. The van der Waals surface area contributed by atoms with E-state index in [9.17, 15) is 39.6 Å². The van der Waals surface area contributed by atoms with E-state index < -0.39 is 0 Å². The van der Waals surface area contributed by atoms with E-state index in [1.165, 1.54) is 14.2 Å². The molecule has 18 nitrogen and oxygen atoms in total. The average Bonchev–Trinajstić information content (AvgIpc) is 0.700. The van der Waals surface area contributed by atoms with Crippen molar-refractivity contribution >= 4 is 89.8 Å². The molecule has 0 aliphatic carbocycles. The standard InChI is InChI=1S/C34H34O8.C32H30O6.C30H30O4/c1-15(2)23-19-9-17-13-42-32-26-18(10-20-24(16(3)4)34(40-8)30(38-6)22(12-36)28(20)32)14-41-31(25(17)26)27(19)21(11-35)29(37-5)33(23)39-7;1-13(2)23-16(6)29(35)22(10-34)28-19(23)7-17-11-37-31-25-18(12-38-32(28)26(17)25)8-20-24(14(3)4)30(36)15(5)21(9-33)27(20)31;1-13(2)24-16(6)23(31)10-22-19(24)8-17-11-33-29-21-7-15(5)28(32)25(14(3)4)20(21)9-18-12-34-30(22)27(17)26(18)29/h9-12,15-16H,13-14H2,1-8H3;7-10,13-14,35-36H,11-12H2,1-6H3;7-10,13-14,31-32H,11-12H2,1-6H3. The maximum Gasteiger partial charge on any atom is 0.172 e. The number of phenols is 4. The first-order valence-corrected chi connectivity index (χ1v) is 39.0. The second-order valence-corrected chi connectivity index (χ2v) is 32.7. The molecule has 586 valence electrons. The highest BCUT2D eigenvalue weighted by Gasteiger charge is 2.41. The highest BCUT2D eigenvalue weighted by atomic mass is 16.5. The topological polar surface area (TPSA) is 241 Å². The van der Waals surface area contributed by atoms with Gasteiger partial charge in [-0.25, -0.2) is 0 Å². The Balaban J connectivity index is 0.000000129. The molecule has 12 aromatic rings. The summed E-state index contributed by atoms with van der Waals surface area (Å²) in [6.45, 7) is 34.4. The monoisotopic (exact) mass is 1530 g/mol. The van der Waals surface area contributed by atoms with Crippen LogP contribution in [-0.4, -0.2) is 74.0 Å². The largest absolute Gasteiger partial charge is 0.508 e. The van der Waals surface area contributed by atoms with Crippen molar-refractivity contribution < 1.29 is 87.0 Å². The van der Waals surface area contributed by atoms with Crippen LogP contribution in [0.15, 0.2) is 48.5 Å². The van der Waals surface area contributed by atoms with Crippen LogP contribution >= 0.6 is 0 Å². The number of rotatable bonds is 14. The molecule has 0 saturated carbocycles. The van der Waals surface area contributed by atoms with Crippen LogP contribution in [0.25, 0.3) is 98.0 Å². The number of hydrogen-bond acceptors (Lipinski definition) is 18. The first-order valence-electron chi connectivity index (χ1n) is 39.0. The summed E-state index contributed by atoms with van der Waals surface area (Å²) in [7, 11) is 6.24. The molecule has 12 aromatic carbocycles. The van der Waals surface area contributed by atoms with E-state index in [0.29, 0.717) is 126 Å². The Kier molecular flexibility index (Phi) is 18.7. The predicted octanol–water partition coefficient (Wildman–Crippen LogP) is 22.4. The van der Waals surface area contributed by atoms with Gasteiger partial charge in [-0.1, -0.05) is 83.1 Å². The van der Waals surface area contributed by atoms with Crippen molar-refractivity contribution in [2.75, 3.05) is 28.4 Å². The van der Waals surface area contributed by atoms with Crippen molar-refractivity contribution in [3.63, 3.8) is 0 Å². The van der Waals surface area contributed by atoms with Crippen molar-refractivity contribution in [2.45, 2.75) is 186 Å². The van der Waals surface area contributed by atoms with Crippen LogP contribution in [0.5, 0.6) is 80.5 Å². The van der Waals surface area contributed by atoms with Crippen LogP contribution in [0.2, 0.25) is 0 Å². The summed E-state index contributed by atoms with van der Waals surface area (Å²) in [5.41, 5.74) is 21.4. The van der Waals surface area contributed by atoms with Crippen molar-refractivity contribution in [1.82, 2.24) is 0 Å². The van der Waals surface area contributed by atoms with Gasteiger partial charge >= 0.3 is 0 Å². The van der Waals surface area contributed by atoms with Crippen LogP contribution < -0.4 is 47.4 Å². The molecule has 114 heavy (non-hydrogen) atoms. The number of carbonyl (C=O) groups is 4. The van der Waals surface area contributed by atoms with Gasteiger partial charge in [0.2, 0.25) is 0 Å². The van der Waals surface area contributed by atoms with Crippen molar-refractivity contribution in [2.24, 2.45) is 0 Å². The maximum atomic E-state index is 12.7. The molecule has 0 bridgehead atoms. The van der Waals surface area contributed by atoms with Crippen molar-refractivity contribution in [3.8, 4) is 114 Å². The van der Waals surface area contributed by atoms with Gasteiger partial charge in [-0.3, -0.25) is 19.2 Å². The van der Waals surface area contributed by atoms with Crippen molar-refractivity contribution in [3.05, 3.63) is 160 Å². The zero-order valence-electron chi connectivity index (χ0n) is 68.1. The maximum absolute atomic E-state index is 12.7. The highest BCUT2D eigenvalue weighted by molar-refractivity contribution is 6.18. The molecule has 0 amide bonds. The molecular weight excluding hydrogens is 1440 g/mol. The third kappa shape index (κ3) is 10.8.